The van der Waals surface area contributed by atoms with Gasteiger partial charge in [0.25, 0.3) is 5.91 Å². The Labute approximate surface area is 125 Å². The Kier molecular flexibility index (Phi) is 5.60. The summed E-state index contributed by atoms with van der Waals surface area (Å²) in [6, 6.07) is 1.15. The van der Waals surface area contributed by atoms with E-state index in [2.05, 4.69) is 4.98 Å². The van der Waals surface area contributed by atoms with E-state index in [0.29, 0.717) is 0 Å². The third-order valence-corrected chi connectivity index (χ3v) is 2.77. The van der Waals surface area contributed by atoms with Crippen LogP contribution >= 0.6 is 11.6 Å². The number of carbonyl (C=O) groups excluding carboxylic acids is 1. The van der Waals surface area contributed by atoms with Crippen molar-refractivity contribution in [2.45, 2.75) is 13.8 Å². The fraction of sp³-hybridized carbons (Fsp3) is 0.417. The maximum atomic E-state index is 12.4. The van der Waals surface area contributed by atoms with Crippen molar-refractivity contribution in [1.29, 1.82) is 0 Å². The van der Waals surface area contributed by atoms with E-state index in [9.17, 15) is 19.7 Å². The quantitative estimate of drug-likeness (QED) is 0.486. The first-order valence-electron chi connectivity index (χ1n) is 6.04. The second-order valence-electron chi connectivity index (χ2n) is 4.73. The Balaban J connectivity index is 3.23. The first-order chi connectivity index (χ1) is 9.73. The number of rotatable bonds is 6. The number of halogens is 1. The van der Waals surface area contributed by atoms with Gasteiger partial charge in [-0.15, -0.1) is 0 Å². The lowest BCUT2D eigenvalue weighted by atomic mass is 10.1. The number of nitro groups is 1. The van der Waals surface area contributed by atoms with Gasteiger partial charge in [-0.25, -0.2) is 4.98 Å². The predicted molar refractivity (Wildman–Crippen MR) is 74.3 cm³/mol. The molecule has 0 aromatic carbocycles. The van der Waals surface area contributed by atoms with Crippen molar-refractivity contribution >= 4 is 29.2 Å². The van der Waals surface area contributed by atoms with Crippen molar-refractivity contribution < 1.29 is 19.6 Å². The maximum absolute atomic E-state index is 12.4. The SMILES string of the molecule is CC(C)CN(CC(=O)O)C(=O)c1ccnc(Cl)c1[N+](=O)[O-]. The van der Waals surface area contributed by atoms with Gasteiger partial charge in [0.15, 0.2) is 0 Å². The molecule has 1 rings (SSSR count). The molecule has 0 unspecified atom stereocenters. The smallest absolute Gasteiger partial charge is 0.323 e. The lowest BCUT2D eigenvalue weighted by Crippen LogP contribution is -2.38. The molecule has 21 heavy (non-hydrogen) atoms. The second-order valence-corrected chi connectivity index (χ2v) is 5.09. The van der Waals surface area contributed by atoms with Gasteiger partial charge in [0.1, 0.15) is 12.1 Å². The average Bonchev–Trinajstić information content (AvgIpc) is 2.35. The van der Waals surface area contributed by atoms with E-state index in [-0.39, 0.29) is 18.0 Å². The number of carboxylic acids is 1. The predicted octanol–water partition coefficient (Wildman–Crippen LogP) is 1.83. The van der Waals surface area contributed by atoms with Gasteiger partial charge in [-0.2, -0.15) is 0 Å². The highest BCUT2D eigenvalue weighted by Crippen LogP contribution is 2.27. The van der Waals surface area contributed by atoms with Crippen LogP contribution in [0.4, 0.5) is 5.69 Å². The third kappa shape index (κ3) is 4.38. The Morgan fingerprint density at radius 3 is 2.62 bits per heavy atom. The Bertz CT molecular complexity index is 576. The molecule has 114 valence electrons. The zero-order chi connectivity index (χ0) is 16.2. The highest BCUT2D eigenvalue weighted by Gasteiger charge is 2.29. The minimum Gasteiger partial charge on any atom is -0.480 e. The van der Waals surface area contributed by atoms with Crippen LogP contribution in [-0.4, -0.2) is 44.9 Å². The van der Waals surface area contributed by atoms with E-state index < -0.39 is 34.2 Å². The van der Waals surface area contributed by atoms with Crippen LogP contribution in [-0.2, 0) is 4.79 Å². The highest BCUT2D eigenvalue weighted by molar-refractivity contribution is 6.32. The van der Waals surface area contributed by atoms with Gasteiger partial charge in [-0.05, 0) is 12.0 Å². The number of nitrogens with zero attached hydrogens (tertiary/aromatic N) is 3. The zero-order valence-corrected chi connectivity index (χ0v) is 12.2. The van der Waals surface area contributed by atoms with Gasteiger partial charge in [0.05, 0.1) is 4.92 Å². The van der Waals surface area contributed by atoms with Crippen LogP contribution < -0.4 is 0 Å². The van der Waals surface area contributed by atoms with E-state index >= 15 is 0 Å². The first kappa shape index (κ1) is 16.8. The number of hydrogen-bond acceptors (Lipinski definition) is 5. The molecule has 0 aliphatic heterocycles. The third-order valence-electron chi connectivity index (χ3n) is 2.49. The molecule has 0 spiro atoms. The molecule has 1 aromatic heterocycles. The lowest BCUT2D eigenvalue weighted by molar-refractivity contribution is -0.385. The molecule has 1 amide bonds. The zero-order valence-electron chi connectivity index (χ0n) is 11.4. The van der Waals surface area contributed by atoms with E-state index in [4.69, 9.17) is 16.7 Å². The van der Waals surface area contributed by atoms with Gasteiger partial charge >= 0.3 is 11.7 Å². The van der Waals surface area contributed by atoms with Crippen LogP contribution in [0.2, 0.25) is 5.15 Å². The van der Waals surface area contributed by atoms with Crippen LogP contribution in [0, 0.1) is 16.0 Å². The van der Waals surface area contributed by atoms with Crippen molar-refractivity contribution in [3.8, 4) is 0 Å². The Morgan fingerprint density at radius 2 is 2.14 bits per heavy atom. The van der Waals surface area contributed by atoms with Gasteiger partial charge < -0.3 is 10.0 Å². The van der Waals surface area contributed by atoms with Gasteiger partial charge in [0, 0.05) is 12.7 Å². The summed E-state index contributed by atoms with van der Waals surface area (Å²) in [5.74, 6) is -1.96. The van der Waals surface area contributed by atoms with Gasteiger partial charge in [0.2, 0.25) is 5.15 Å². The van der Waals surface area contributed by atoms with Crippen LogP contribution in [0.25, 0.3) is 0 Å². The van der Waals surface area contributed by atoms with Crippen LogP contribution in [0.1, 0.15) is 24.2 Å². The molecular formula is C12H14ClN3O5. The summed E-state index contributed by atoms with van der Waals surface area (Å²) in [6.07, 6.45) is 1.16. The van der Waals surface area contributed by atoms with E-state index in [1.54, 1.807) is 13.8 Å². The summed E-state index contributed by atoms with van der Waals surface area (Å²) in [5.41, 5.74) is -0.898. The maximum Gasteiger partial charge on any atom is 0.323 e. The topological polar surface area (TPSA) is 114 Å². The first-order valence-corrected chi connectivity index (χ1v) is 6.41. The molecule has 1 N–H and O–H groups in total. The van der Waals surface area contributed by atoms with Crippen LogP contribution in [0.3, 0.4) is 0 Å². The summed E-state index contributed by atoms with van der Waals surface area (Å²) < 4.78 is 0. The lowest BCUT2D eigenvalue weighted by Gasteiger charge is -2.22. The molecule has 0 fully saturated rings. The second kappa shape index (κ2) is 6.98. The van der Waals surface area contributed by atoms with Gasteiger partial charge in [-0.3, -0.25) is 19.7 Å². The monoisotopic (exact) mass is 315 g/mol. The number of carbonyl (C=O) groups is 2. The van der Waals surface area contributed by atoms with Crippen molar-refractivity contribution in [3.05, 3.63) is 33.1 Å². The van der Waals surface area contributed by atoms with E-state index in [0.717, 1.165) is 17.2 Å². The normalized spacial score (nSPS) is 10.5. The Hall–Kier alpha value is -2.22. The number of carboxylic acid groups (broad SMARTS) is 1. The molecular weight excluding hydrogens is 302 g/mol. The van der Waals surface area contributed by atoms with Crippen molar-refractivity contribution in [1.82, 2.24) is 9.88 Å². The largest absolute Gasteiger partial charge is 0.480 e. The molecule has 9 heteroatoms. The van der Waals surface area contributed by atoms with Crippen molar-refractivity contribution in [3.63, 3.8) is 0 Å². The molecule has 0 saturated heterocycles. The summed E-state index contributed by atoms with van der Waals surface area (Å²) >= 11 is 5.64. The van der Waals surface area contributed by atoms with Gasteiger partial charge in [-0.1, -0.05) is 25.4 Å². The molecule has 0 saturated carbocycles. The van der Waals surface area contributed by atoms with E-state index in [1.165, 1.54) is 0 Å². The van der Waals surface area contributed by atoms with Crippen LogP contribution in [0.15, 0.2) is 12.3 Å². The average molecular weight is 316 g/mol. The fourth-order valence-electron chi connectivity index (χ4n) is 1.77. The van der Waals surface area contributed by atoms with Crippen molar-refractivity contribution in [2.75, 3.05) is 13.1 Å². The molecule has 0 aliphatic rings. The minimum absolute atomic E-state index is 0.00432. The number of pyridine rings is 1. The fourth-order valence-corrected chi connectivity index (χ4v) is 2.00. The number of aromatic nitrogens is 1. The molecule has 1 heterocycles. The standard InChI is InChI=1S/C12H14ClN3O5/c1-7(2)5-15(6-9(17)18)12(19)8-3-4-14-11(13)10(8)16(20)21/h3-4,7H,5-6H2,1-2H3,(H,17,18). The summed E-state index contributed by atoms with van der Waals surface area (Å²) in [7, 11) is 0. The van der Waals surface area contributed by atoms with E-state index in [1.807, 2.05) is 0 Å². The summed E-state index contributed by atoms with van der Waals surface area (Å²) in [6.45, 7) is 3.21. The summed E-state index contributed by atoms with van der Waals surface area (Å²) in [5, 5.41) is 19.5. The Morgan fingerprint density at radius 1 is 1.52 bits per heavy atom. The highest BCUT2D eigenvalue weighted by atomic mass is 35.5. The molecule has 8 nitrogen and oxygen atoms in total. The number of hydrogen-bond donors (Lipinski definition) is 1. The molecule has 0 atom stereocenters. The summed E-state index contributed by atoms with van der Waals surface area (Å²) in [4.78, 5) is 38.0. The molecule has 0 bridgehead atoms. The number of aliphatic carboxylic acids is 1. The molecule has 1 aromatic rings. The minimum atomic E-state index is -1.20. The number of amides is 1. The molecule has 0 aliphatic carbocycles. The molecule has 0 radical (unpaired) electrons. The van der Waals surface area contributed by atoms with Crippen molar-refractivity contribution in [2.24, 2.45) is 5.92 Å². The van der Waals surface area contributed by atoms with Crippen LogP contribution in [0.5, 0.6) is 0 Å².